The number of thioether (sulfide) groups is 1. The molecule has 1 unspecified atom stereocenters. The monoisotopic (exact) mass is 485 g/mol. The average molecular weight is 486 g/mol. The largest absolute Gasteiger partial charge is 0.497 e. The maximum absolute atomic E-state index is 13.4. The van der Waals surface area contributed by atoms with E-state index in [4.69, 9.17) is 19.2 Å². The van der Waals surface area contributed by atoms with Crippen LogP contribution < -0.4 is 4.74 Å². The summed E-state index contributed by atoms with van der Waals surface area (Å²) < 4.78 is 10.9. The molecule has 1 aliphatic heterocycles. The third-order valence-corrected chi connectivity index (χ3v) is 7.13. The van der Waals surface area contributed by atoms with E-state index in [1.54, 1.807) is 18.4 Å². The van der Waals surface area contributed by atoms with Crippen LogP contribution in [0.2, 0.25) is 0 Å². The molecule has 0 N–H and O–H groups in total. The van der Waals surface area contributed by atoms with Gasteiger partial charge in [-0.05, 0) is 86.0 Å². The van der Waals surface area contributed by atoms with Crippen molar-refractivity contribution in [3.63, 3.8) is 0 Å². The van der Waals surface area contributed by atoms with Crippen LogP contribution in [0.25, 0.3) is 10.9 Å². The van der Waals surface area contributed by atoms with E-state index in [1.165, 1.54) is 17.3 Å². The molecule has 35 heavy (non-hydrogen) atoms. The van der Waals surface area contributed by atoms with Crippen molar-refractivity contribution in [1.29, 1.82) is 0 Å². The molecule has 6 nitrogen and oxygen atoms in total. The van der Waals surface area contributed by atoms with Gasteiger partial charge in [0.15, 0.2) is 0 Å². The van der Waals surface area contributed by atoms with Crippen molar-refractivity contribution >= 4 is 34.3 Å². The van der Waals surface area contributed by atoms with Crippen LogP contribution in [0.5, 0.6) is 5.75 Å². The van der Waals surface area contributed by atoms with Gasteiger partial charge in [0.05, 0.1) is 35.4 Å². The Morgan fingerprint density at radius 3 is 2.63 bits per heavy atom. The Labute approximate surface area is 209 Å². The summed E-state index contributed by atoms with van der Waals surface area (Å²) in [5, 5.41) is 8.28. The number of pyridine rings is 1. The SMILES string of the molecule is COc1ccc(C2=NN(C(=O)CSc3cc(C)c4cc(C)cc(C)c4n3)C(c3ccco3)C2)cc1. The number of aryl methyl sites for hydroxylation is 3. The number of carbonyl (C=O) groups is 1. The van der Waals surface area contributed by atoms with E-state index in [2.05, 4.69) is 39.0 Å². The van der Waals surface area contributed by atoms with E-state index < -0.39 is 0 Å². The highest BCUT2D eigenvalue weighted by Crippen LogP contribution is 2.34. The summed E-state index contributed by atoms with van der Waals surface area (Å²) in [4.78, 5) is 18.2. The number of carbonyl (C=O) groups excluding carboxylic acids is 1. The van der Waals surface area contributed by atoms with E-state index in [0.717, 1.165) is 49.8 Å². The minimum absolute atomic E-state index is 0.0833. The van der Waals surface area contributed by atoms with Crippen LogP contribution in [0.4, 0.5) is 0 Å². The van der Waals surface area contributed by atoms with Crippen LogP contribution in [0.3, 0.4) is 0 Å². The van der Waals surface area contributed by atoms with Crippen molar-refractivity contribution in [2.45, 2.75) is 38.3 Å². The minimum Gasteiger partial charge on any atom is -0.497 e. The van der Waals surface area contributed by atoms with Gasteiger partial charge in [-0.1, -0.05) is 23.4 Å². The zero-order valence-corrected chi connectivity index (χ0v) is 21.1. The highest BCUT2D eigenvalue weighted by molar-refractivity contribution is 7.99. The van der Waals surface area contributed by atoms with E-state index in [1.807, 2.05) is 36.4 Å². The first-order valence-electron chi connectivity index (χ1n) is 11.5. The molecule has 178 valence electrons. The second-order valence-corrected chi connectivity index (χ2v) is 9.79. The lowest BCUT2D eigenvalue weighted by molar-refractivity contribution is -0.130. The fourth-order valence-electron chi connectivity index (χ4n) is 4.49. The summed E-state index contributed by atoms with van der Waals surface area (Å²) in [5.41, 5.74) is 6.31. The number of hydrogen-bond donors (Lipinski definition) is 0. The topological polar surface area (TPSA) is 67.9 Å². The minimum atomic E-state index is -0.272. The van der Waals surface area contributed by atoms with Gasteiger partial charge in [0.25, 0.3) is 5.91 Å². The molecule has 0 bridgehead atoms. The van der Waals surface area contributed by atoms with Crippen molar-refractivity contribution in [2.75, 3.05) is 12.9 Å². The van der Waals surface area contributed by atoms with E-state index >= 15 is 0 Å². The molecule has 1 aliphatic rings. The molecular weight excluding hydrogens is 458 g/mol. The second kappa shape index (κ2) is 9.58. The second-order valence-electron chi connectivity index (χ2n) is 8.79. The summed E-state index contributed by atoms with van der Waals surface area (Å²) in [7, 11) is 1.64. The summed E-state index contributed by atoms with van der Waals surface area (Å²) in [5.74, 6) is 1.66. The maximum atomic E-state index is 13.4. The summed E-state index contributed by atoms with van der Waals surface area (Å²) in [6, 6.07) is 17.5. The number of amides is 1. The Morgan fingerprint density at radius 2 is 1.91 bits per heavy atom. The van der Waals surface area contributed by atoms with E-state index in [-0.39, 0.29) is 17.7 Å². The molecule has 2 aromatic carbocycles. The molecule has 0 spiro atoms. The normalized spacial score (nSPS) is 15.5. The third-order valence-electron chi connectivity index (χ3n) is 6.24. The van der Waals surface area contributed by atoms with Crippen molar-refractivity contribution in [2.24, 2.45) is 5.10 Å². The Balaban J connectivity index is 1.38. The number of methoxy groups -OCH3 is 1. The van der Waals surface area contributed by atoms with Crippen LogP contribution >= 0.6 is 11.8 Å². The molecule has 0 saturated carbocycles. The number of aromatic nitrogens is 1. The fraction of sp³-hybridized carbons (Fsp3) is 0.250. The van der Waals surface area contributed by atoms with Crippen LogP contribution in [-0.2, 0) is 4.79 Å². The number of benzene rings is 2. The third kappa shape index (κ3) is 4.68. The van der Waals surface area contributed by atoms with Gasteiger partial charge in [0.2, 0.25) is 0 Å². The van der Waals surface area contributed by atoms with Crippen molar-refractivity contribution < 1.29 is 13.9 Å². The van der Waals surface area contributed by atoms with Gasteiger partial charge in [-0.2, -0.15) is 5.10 Å². The van der Waals surface area contributed by atoms with Crippen LogP contribution in [0, 0.1) is 20.8 Å². The molecule has 0 saturated heterocycles. The molecule has 0 aliphatic carbocycles. The Hall–Kier alpha value is -3.58. The fourth-order valence-corrected chi connectivity index (χ4v) is 5.31. The van der Waals surface area contributed by atoms with Crippen LogP contribution in [-0.4, -0.2) is 34.5 Å². The van der Waals surface area contributed by atoms with Gasteiger partial charge in [-0.3, -0.25) is 4.79 Å². The zero-order chi connectivity index (χ0) is 24.5. The highest BCUT2D eigenvalue weighted by Gasteiger charge is 2.34. The quantitative estimate of drug-likeness (QED) is 0.303. The molecule has 5 rings (SSSR count). The number of hydrazone groups is 1. The summed E-state index contributed by atoms with van der Waals surface area (Å²) in [6.07, 6.45) is 2.21. The number of nitrogens with zero attached hydrogens (tertiary/aromatic N) is 3. The number of ether oxygens (including phenoxy) is 1. The van der Waals surface area contributed by atoms with Crippen molar-refractivity contribution in [3.8, 4) is 5.75 Å². The number of furan rings is 1. The predicted octanol–water partition coefficient (Wildman–Crippen LogP) is 6.23. The average Bonchev–Trinajstić information content (AvgIpc) is 3.53. The van der Waals surface area contributed by atoms with Crippen molar-refractivity contribution in [1.82, 2.24) is 9.99 Å². The lowest BCUT2D eigenvalue weighted by atomic mass is 10.0. The molecule has 2 aromatic heterocycles. The highest BCUT2D eigenvalue weighted by atomic mass is 32.2. The molecule has 1 atom stereocenters. The number of rotatable bonds is 6. The lowest BCUT2D eigenvalue weighted by Gasteiger charge is -2.19. The van der Waals surface area contributed by atoms with Crippen LogP contribution in [0.1, 0.15) is 40.5 Å². The zero-order valence-electron chi connectivity index (χ0n) is 20.2. The number of hydrogen-bond acceptors (Lipinski definition) is 6. The number of fused-ring (bicyclic) bond motifs is 1. The van der Waals surface area contributed by atoms with Gasteiger partial charge < -0.3 is 9.15 Å². The van der Waals surface area contributed by atoms with Gasteiger partial charge in [0.1, 0.15) is 17.6 Å². The first-order chi connectivity index (χ1) is 16.9. The Kier molecular flexibility index (Phi) is 6.34. The first-order valence-corrected chi connectivity index (χ1v) is 12.5. The van der Waals surface area contributed by atoms with E-state index in [0.29, 0.717) is 6.42 Å². The molecule has 7 heteroatoms. The molecular formula is C28H27N3O3S. The predicted molar refractivity (Wildman–Crippen MR) is 139 cm³/mol. The lowest BCUT2D eigenvalue weighted by Crippen LogP contribution is -2.28. The van der Waals surface area contributed by atoms with Gasteiger partial charge in [-0.25, -0.2) is 9.99 Å². The van der Waals surface area contributed by atoms with Gasteiger partial charge in [0, 0.05) is 11.8 Å². The summed E-state index contributed by atoms with van der Waals surface area (Å²) >= 11 is 1.44. The Morgan fingerprint density at radius 1 is 1.11 bits per heavy atom. The molecule has 0 radical (unpaired) electrons. The van der Waals surface area contributed by atoms with Crippen LogP contribution in [0.15, 0.2) is 75.4 Å². The molecule has 3 heterocycles. The molecule has 0 fully saturated rings. The standard InChI is InChI=1S/C28H27N3O3S/c1-17-12-19(3)28-22(13-17)18(2)14-26(29-28)35-16-27(32)31-24(25-6-5-11-34-25)15-23(30-31)20-7-9-21(33-4)10-8-20/h5-14,24H,15-16H2,1-4H3. The van der Waals surface area contributed by atoms with Gasteiger partial charge in [-0.15, -0.1) is 0 Å². The molecule has 1 amide bonds. The first kappa shape index (κ1) is 23.2. The smallest absolute Gasteiger partial charge is 0.253 e. The summed E-state index contributed by atoms with van der Waals surface area (Å²) in [6.45, 7) is 6.27. The molecule has 4 aromatic rings. The van der Waals surface area contributed by atoms with Gasteiger partial charge >= 0.3 is 0 Å². The Bertz CT molecular complexity index is 1410. The van der Waals surface area contributed by atoms with E-state index in [9.17, 15) is 4.79 Å². The van der Waals surface area contributed by atoms with Crippen molar-refractivity contribution in [3.05, 3.63) is 88.9 Å². The maximum Gasteiger partial charge on any atom is 0.253 e.